The molecule has 0 radical (unpaired) electrons. The monoisotopic (exact) mass is 575 g/mol. The van der Waals surface area contributed by atoms with Crippen LogP contribution >= 0.6 is 11.6 Å². The fourth-order valence-electron chi connectivity index (χ4n) is 5.38. The quantitative estimate of drug-likeness (QED) is 0.233. The molecule has 4 aromatic rings. The first-order valence-electron chi connectivity index (χ1n) is 13.6. The number of amides is 1. The van der Waals surface area contributed by atoms with Gasteiger partial charge in [-0.25, -0.2) is 4.98 Å². The van der Waals surface area contributed by atoms with E-state index < -0.39 is 0 Å². The van der Waals surface area contributed by atoms with Crippen molar-refractivity contribution in [3.05, 3.63) is 99.7 Å². The van der Waals surface area contributed by atoms with Crippen LogP contribution < -0.4 is 19.9 Å². The molecule has 2 N–H and O–H groups in total. The van der Waals surface area contributed by atoms with E-state index >= 15 is 0 Å². The van der Waals surface area contributed by atoms with Crippen molar-refractivity contribution in [3.63, 3.8) is 0 Å². The van der Waals surface area contributed by atoms with E-state index in [4.69, 9.17) is 36.0 Å². The predicted octanol–water partition coefficient (Wildman–Crippen LogP) is 5.96. The molecule has 0 saturated carbocycles. The Kier molecular flexibility index (Phi) is 8.69. The minimum Gasteiger partial charge on any atom is -0.495 e. The zero-order valence-electron chi connectivity index (χ0n) is 23.5. The van der Waals surface area contributed by atoms with Crippen molar-refractivity contribution in [2.45, 2.75) is 38.6 Å². The van der Waals surface area contributed by atoms with E-state index in [1.807, 2.05) is 60.4 Å². The highest BCUT2D eigenvalue weighted by Crippen LogP contribution is 2.42. The van der Waals surface area contributed by atoms with Crippen LogP contribution in [-0.4, -0.2) is 43.2 Å². The standard InChI is InChI=1S/C32H34ClN3O5/c1-20-14-23(33)5-7-25(20)32-26-17-30(41-13-11-21-4-8-27(34)28(15-21)38-2)29(39-3)16-22(26)10-12-36(32)31(37)9-6-24-18-40-19-35-24/h4-5,7-8,14-19,32H,6,9-13,34H2,1-3H3. The van der Waals surface area contributed by atoms with Crippen LogP contribution in [0.25, 0.3) is 0 Å². The zero-order valence-corrected chi connectivity index (χ0v) is 24.2. The SMILES string of the molecule is COc1cc(CCOc2cc3c(cc2OC)CCN(C(=O)CCc2cocn2)C3c2ccc(Cl)cc2C)ccc1N. The molecule has 0 spiro atoms. The van der Waals surface area contributed by atoms with Crippen molar-refractivity contribution in [2.24, 2.45) is 0 Å². The van der Waals surface area contributed by atoms with Gasteiger partial charge in [0.05, 0.1) is 38.2 Å². The topological polar surface area (TPSA) is 100 Å². The number of carbonyl (C=O) groups excluding carboxylic acids is 1. The largest absolute Gasteiger partial charge is 0.495 e. The number of aromatic nitrogens is 1. The number of oxazole rings is 1. The first-order chi connectivity index (χ1) is 19.9. The van der Waals surface area contributed by atoms with Gasteiger partial charge in [0.25, 0.3) is 0 Å². The highest BCUT2D eigenvalue weighted by atomic mass is 35.5. The third-order valence-corrected chi connectivity index (χ3v) is 7.76. The molecule has 0 saturated heterocycles. The summed E-state index contributed by atoms with van der Waals surface area (Å²) in [5, 5.41) is 0.657. The predicted molar refractivity (Wildman–Crippen MR) is 158 cm³/mol. The number of anilines is 1. The Balaban J connectivity index is 1.45. The summed E-state index contributed by atoms with van der Waals surface area (Å²) < 4.78 is 22.4. The zero-order chi connectivity index (χ0) is 28.9. The number of benzene rings is 3. The lowest BCUT2D eigenvalue weighted by Crippen LogP contribution is -2.41. The number of hydrogen-bond donors (Lipinski definition) is 1. The summed E-state index contributed by atoms with van der Waals surface area (Å²) in [5.74, 6) is 1.98. The molecule has 1 atom stereocenters. The summed E-state index contributed by atoms with van der Waals surface area (Å²) in [5.41, 5.74) is 12.5. The lowest BCUT2D eigenvalue weighted by molar-refractivity contribution is -0.133. The first-order valence-corrected chi connectivity index (χ1v) is 13.9. The van der Waals surface area contributed by atoms with Crippen LogP contribution in [0.2, 0.25) is 5.02 Å². The van der Waals surface area contributed by atoms with Gasteiger partial charge in [0.1, 0.15) is 12.0 Å². The third-order valence-electron chi connectivity index (χ3n) is 7.53. The molecule has 0 fully saturated rings. The molecule has 1 aliphatic rings. The number of ether oxygens (including phenoxy) is 3. The Hall–Kier alpha value is -4.17. The van der Waals surface area contributed by atoms with Gasteiger partial charge in [-0.3, -0.25) is 4.79 Å². The highest BCUT2D eigenvalue weighted by molar-refractivity contribution is 6.30. The van der Waals surface area contributed by atoms with Gasteiger partial charge in [0.15, 0.2) is 17.9 Å². The van der Waals surface area contributed by atoms with Crippen molar-refractivity contribution in [1.82, 2.24) is 9.88 Å². The highest BCUT2D eigenvalue weighted by Gasteiger charge is 2.34. The second-order valence-electron chi connectivity index (χ2n) is 10.1. The minimum absolute atomic E-state index is 0.0496. The van der Waals surface area contributed by atoms with E-state index in [2.05, 4.69) is 4.98 Å². The maximum absolute atomic E-state index is 13.6. The van der Waals surface area contributed by atoms with Gasteiger partial charge in [-0.2, -0.15) is 0 Å². The molecule has 1 aliphatic heterocycles. The average molecular weight is 576 g/mol. The number of nitrogens with two attached hydrogens (primary N) is 1. The van der Waals surface area contributed by atoms with Gasteiger partial charge in [-0.05, 0) is 77.6 Å². The first kappa shape index (κ1) is 28.4. The van der Waals surface area contributed by atoms with Gasteiger partial charge in [-0.15, -0.1) is 0 Å². The van der Waals surface area contributed by atoms with E-state index in [0.29, 0.717) is 66.8 Å². The molecule has 5 rings (SSSR count). The van der Waals surface area contributed by atoms with Crippen LogP contribution in [0.5, 0.6) is 17.2 Å². The second-order valence-corrected chi connectivity index (χ2v) is 10.5. The minimum atomic E-state index is -0.296. The summed E-state index contributed by atoms with van der Waals surface area (Å²) in [6.45, 7) is 3.03. The molecule has 0 bridgehead atoms. The summed E-state index contributed by atoms with van der Waals surface area (Å²) in [4.78, 5) is 19.8. The van der Waals surface area contributed by atoms with E-state index in [0.717, 1.165) is 33.5 Å². The molecule has 9 heteroatoms. The fourth-order valence-corrected chi connectivity index (χ4v) is 5.61. The number of halogens is 1. The van der Waals surface area contributed by atoms with Crippen molar-refractivity contribution in [1.29, 1.82) is 0 Å². The van der Waals surface area contributed by atoms with Crippen molar-refractivity contribution >= 4 is 23.2 Å². The molecule has 214 valence electrons. The Morgan fingerprint density at radius 1 is 1.05 bits per heavy atom. The molecule has 0 aliphatic carbocycles. The van der Waals surface area contributed by atoms with E-state index in [1.165, 1.54) is 6.39 Å². The van der Waals surface area contributed by atoms with Crippen molar-refractivity contribution in [3.8, 4) is 17.2 Å². The van der Waals surface area contributed by atoms with E-state index in [-0.39, 0.29) is 11.9 Å². The van der Waals surface area contributed by atoms with Gasteiger partial charge >= 0.3 is 0 Å². The molecule has 8 nitrogen and oxygen atoms in total. The summed E-state index contributed by atoms with van der Waals surface area (Å²) in [6.07, 6.45) is 5.16. The lowest BCUT2D eigenvalue weighted by Gasteiger charge is -2.39. The molecule has 3 aromatic carbocycles. The average Bonchev–Trinajstić information content (AvgIpc) is 3.50. The number of nitrogens with zero attached hydrogens (tertiary/aromatic N) is 2. The van der Waals surface area contributed by atoms with Crippen molar-refractivity contribution in [2.75, 3.05) is 33.1 Å². The van der Waals surface area contributed by atoms with E-state index in [9.17, 15) is 4.79 Å². The van der Waals surface area contributed by atoms with Crippen LogP contribution in [0, 0.1) is 6.92 Å². The van der Waals surface area contributed by atoms with Gasteiger partial charge in [0.2, 0.25) is 5.91 Å². The molecule has 2 heterocycles. The molecule has 1 amide bonds. The number of hydrogen-bond acceptors (Lipinski definition) is 7. The van der Waals surface area contributed by atoms with Crippen LogP contribution in [-0.2, 0) is 24.1 Å². The smallest absolute Gasteiger partial charge is 0.223 e. The number of aryl methyl sites for hydroxylation is 2. The normalized spacial score (nSPS) is 14.4. The Morgan fingerprint density at radius 2 is 1.88 bits per heavy atom. The molecule has 41 heavy (non-hydrogen) atoms. The van der Waals surface area contributed by atoms with Gasteiger partial charge in [0, 0.05) is 30.8 Å². The van der Waals surface area contributed by atoms with Crippen molar-refractivity contribution < 1.29 is 23.4 Å². The Bertz CT molecular complexity index is 1520. The molecular formula is C32H34ClN3O5. The lowest BCUT2D eigenvalue weighted by atomic mass is 9.85. The number of nitrogen functional groups attached to an aromatic ring is 1. The third kappa shape index (κ3) is 6.28. The van der Waals surface area contributed by atoms with Gasteiger partial charge in [-0.1, -0.05) is 23.7 Å². The number of rotatable bonds is 10. The summed E-state index contributed by atoms with van der Waals surface area (Å²) >= 11 is 6.31. The second kappa shape index (κ2) is 12.6. The summed E-state index contributed by atoms with van der Waals surface area (Å²) in [6, 6.07) is 15.3. The maximum Gasteiger partial charge on any atom is 0.223 e. The Labute approximate surface area is 245 Å². The molecular weight excluding hydrogens is 542 g/mol. The van der Waals surface area contributed by atoms with Crippen LogP contribution in [0.4, 0.5) is 5.69 Å². The fraction of sp³-hybridized carbons (Fsp3) is 0.312. The van der Waals surface area contributed by atoms with Crippen LogP contribution in [0.3, 0.4) is 0 Å². The van der Waals surface area contributed by atoms with Gasteiger partial charge < -0.3 is 29.3 Å². The van der Waals surface area contributed by atoms with Crippen LogP contribution in [0.15, 0.2) is 65.6 Å². The summed E-state index contributed by atoms with van der Waals surface area (Å²) in [7, 11) is 3.24. The number of fused-ring (bicyclic) bond motifs is 1. The molecule has 1 aromatic heterocycles. The number of methoxy groups -OCH3 is 2. The molecule has 1 unspecified atom stereocenters. The number of carbonyl (C=O) groups is 1. The van der Waals surface area contributed by atoms with Crippen LogP contribution in [0.1, 0.15) is 46.0 Å². The maximum atomic E-state index is 13.6. The Morgan fingerprint density at radius 3 is 2.61 bits per heavy atom. The van der Waals surface area contributed by atoms with E-state index in [1.54, 1.807) is 20.5 Å².